The van der Waals surface area contributed by atoms with Gasteiger partial charge in [-0.2, -0.15) is 0 Å². The van der Waals surface area contributed by atoms with Crippen molar-refractivity contribution in [2.75, 3.05) is 6.61 Å². The normalized spacial score (nSPS) is 19.6. The van der Waals surface area contributed by atoms with Crippen LogP contribution < -0.4 is 4.74 Å². The molecule has 1 aromatic rings. The third-order valence-corrected chi connectivity index (χ3v) is 4.16. The van der Waals surface area contributed by atoms with Gasteiger partial charge < -0.3 is 4.74 Å². The van der Waals surface area contributed by atoms with Crippen molar-refractivity contribution in [3.63, 3.8) is 0 Å². The van der Waals surface area contributed by atoms with Crippen LogP contribution in [-0.4, -0.2) is 12.4 Å². The summed E-state index contributed by atoms with van der Waals surface area (Å²) >= 11 is 6.85. The second-order valence-corrected chi connectivity index (χ2v) is 6.04. The molecule has 1 aliphatic rings. The van der Waals surface area contributed by atoms with E-state index in [0.717, 1.165) is 40.4 Å². The van der Waals surface area contributed by atoms with Crippen LogP contribution in [0.2, 0.25) is 0 Å². The number of ketones is 1. The summed E-state index contributed by atoms with van der Waals surface area (Å²) in [7, 11) is 0. The Labute approximate surface area is 118 Å². The molecule has 2 nitrogen and oxygen atoms in total. The fourth-order valence-electron chi connectivity index (χ4n) is 2.10. The van der Waals surface area contributed by atoms with Crippen molar-refractivity contribution in [3.8, 4) is 5.75 Å². The number of rotatable bonds is 4. The van der Waals surface area contributed by atoms with Crippen molar-refractivity contribution in [1.29, 1.82) is 0 Å². The first-order chi connectivity index (χ1) is 8.16. The number of Topliss-reactive ketones (excluding diaryl/α,β-unsaturated/α-hetero) is 1. The summed E-state index contributed by atoms with van der Waals surface area (Å²) in [6.45, 7) is 0.608. The number of ether oxygens (including phenoxy) is 1. The maximum atomic E-state index is 11.5. The summed E-state index contributed by atoms with van der Waals surface area (Å²) in [5.41, 5.74) is 0. The van der Waals surface area contributed by atoms with Crippen molar-refractivity contribution in [1.82, 2.24) is 0 Å². The predicted molar refractivity (Wildman–Crippen MR) is 74.3 cm³/mol. The molecule has 1 aromatic carbocycles. The molecule has 2 rings (SSSR count). The Bertz CT molecular complexity index is 418. The van der Waals surface area contributed by atoms with Crippen molar-refractivity contribution in [2.24, 2.45) is 5.92 Å². The van der Waals surface area contributed by atoms with E-state index in [0.29, 0.717) is 12.4 Å². The summed E-state index contributed by atoms with van der Waals surface area (Å²) in [6, 6.07) is 5.82. The van der Waals surface area contributed by atoms with Gasteiger partial charge in [0.25, 0.3) is 0 Å². The molecule has 0 aliphatic heterocycles. The van der Waals surface area contributed by atoms with Gasteiger partial charge in [-0.3, -0.25) is 4.79 Å². The number of halogens is 2. The Morgan fingerprint density at radius 1 is 1.35 bits per heavy atom. The third-order valence-electron chi connectivity index (χ3n) is 3.05. The smallest absolute Gasteiger partial charge is 0.136 e. The molecule has 0 bridgehead atoms. The maximum Gasteiger partial charge on any atom is 0.136 e. The predicted octanol–water partition coefficient (Wildman–Crippen LogP) is 4.35. The molecule has 92 valence electrons. The molecule has 4 heteroatoms. The van der Waals surface area contributed by atoms with E-state index in [4.69, 9.17) is 4.74 Å². The van der Waals surface area contributed by atoms with Gasteiger partial charge in [0.2, 0.25) is 0 Å². The molecule has 0 saturated heterocycles. The maximum absolute atomic E-state index is 11.5. The summed E-state index contributed by atoms with van der Waals surface area (Å²) in [5.74, 6) is 1.46. The molecular formula is C13H14Br2O2. The van der Waals surface area contributed by atoms with Crippen LogP contribution in [0, 0.1) is 5.92 Å². The topological polar surface area (TPSA) is 26.3 Å². The van der Waals surface area contributed by atoms with Gasteiger partial charge in [-0.05, 0) is 53.4 Å². The van der Waals surface area contributed by atoms with Gasteiger partial charge in [0, 0.05) is 16.8 Å². The summed E-state index contributed by atoms with van der Waals surface area (Å²) in [5, 5.41) is 0. The molecule has 1 atom stereocenters. The number of benzene rings is 1. The highest BCUT2D eigenvalue weighted by atomic mass is 79.9. The number of hydrogen-bond acceptors (Lipinski definition) is 2. The van der Waals surface area contributed by atoms with E-state index < -0.39 is 0 Å². The molecule has 0 N–H and O–H groups in total. The Morgan fingerprint density at radius 3 is 2.82 bits per heavy atom. The van der Waals surface area contributed by atoms with Crippen LogP contribution in [0.5, 0.6) is 5.75 Å². The molecule has 17 heavy (non-hydrogen) atoms. The van der Waals surface area contributed by atoms with E-state index in [2.05, 4.69) is 31.9 Å². The molecule has 1 unspecified atom stereocenters. The lowest BCUT2D eigenvalue weighted by atomic mass is 10.0. The first-order valence-electron chi connectivity index (χ1n) is 5.77. The molecule has 0 amide bonds. The van der Waals surface area contributed by atoms with E-state index >= 15 is 0 Å². The highest BCUT2D eigenvalue weighted by molar-refractivity contribution is 9.11. The van der Waals surface area contributed by atoms with Crippen LogP contribution in [0.4, 0.5) is 0 Å². The third kappa shape index (κ3) is 3.55. The van der Waals surface area contributed by atoms with Crippen LogP contribution in [0.15, 0.2) is 27.1 Å². The van der Waals surface area contributed by atoms with E-state index in [-0.39, 0.29) is 5.92 Å². The van der Waals surface area contributed by atoms with Gasteiger partial charge in [0.05, 0.1) is 11.1 Å². The lowest BCUT2D eigenvalue weighted by molar-refractivity contribution is -0.121. The Hall–Kier alpha value is -0.350. The zero-order valence-electron chi connectivity index (χ0n) is 9.42. The molecule has 0 aromatic heterocycles. The molecule has 0 heterocycles. The van der Waals surface area contributed by atoms with Gasteiger partial charge in [-0.15, -0.1) is 0 Å². The van der Waals surface area contributed by atoms with Crippen molar-refractivity contribution in [3.05, 3.63) is 27.1 Å². The first kappa shape index (κ1) is 13.1. The molecule has 1 saturated carbocycles. The molecular weight excluding hydrogens is 348 g/mol. The zero-order chi connectivity index (χ0) is 12.3. The molecule has 1 fully saturated rings. The summed E-state index contributed by atoms with van der Waals surface area (Å²) in [6.07, 6.45) is 3.67. The summed E-state index contributed by atoms with van der Waals surface area (Å²) < 4.78 is 7.63. The van der Waals surface area contributed by atoms with E-state index in [1.807, 2.05) is 18.2 Å². The summed E-state index contributed by atoms with van der Waals surface area (Å²) in [4.78, 5) is 11.5. The monoisotopic (exact) mass is 360 g/mol. The number of carbonyl (C=O) groups excluding carboxylic acids is 1. The lowest BCUT2D eigenvalue weighted by Gasteiger charge is -2.11. The fraction of sp³-hybridized carbons (Fsp3) is 0.462. The second-order valence-electron chi connectivity index (χ2n) is 4.27. The van der Waals surface area contributed by atoms with Gasteiger partial charge in [0.15, 0.2) is 0 Å². The standard InChI is InChI=1S/C13H14Br2O2/c14-10-4-5-13(11(15)8-10)17-7-6-9-2-1-3-12(9)16/h4-5,8-9H,1-3,6-7H2. The SMILES string of the molecule is O=C1CCCC1CCOc1ccc(Br)cc1Br. The highest BCUT2D eigenvalue weighted by Gasteiger charge is 2.23. The van der Waals surface area contributed by atoms with E-state index in [1.165, 1.54) is 0 Å². The van der Waals surface area contributed by atoms with Crippen LogP contribution in [0.1, 0.15) is 25.7 Å². The van der Waals surface area contributed by atoms with Crippen molar-refractivity contribution in [2.45, 2.75) is 25.7 Å². The Kier molecular flexibility index (Phi) is 4.62. The second kappa shape index (κ2) is 6.01. The molecule has 0 radical (unpaired) electrons. The van der Waals surface area contributed by atoms with Crippen LogP contribution in [-0.2, 0) is 4.79 Å². The van der Waals surface area contributed by atoms with Crippen LogP contribution >= 0.6 is 31.9 Å². The molecule has 0 spiro atoms. The lowest BCUT2D eigenvalue weighted by Crippen LogP contribution is -2.11. The van der Waals surface area contributed by atoms with E-state index in [1.54, 1.807) is 0 Å². The number of carbonyl (C=O) groups is 1. The average molecular weight is 362 g/mol. The first-order valence-corrected chi connectivity index (χ1v) is 7.36. The van der Waals surface area contributed by atoms with Gasteiger partial charge in [-0.25, -0.2) is 0 Å². The molecule has 1 aliphatic carbocycles. The largest absolute Gasteiger partial charge is 0.492 e. The zero-order valence-corrected chi connectivity index (χ0v) is 12.6. The van der Waals surface area contributed by atoms with Crippen LogP contribution in [0.25, 0.3) is 0 Å². The highest BCUT2D eigenvalue weighted by Crippen LogP contribution is 2.29. The quantitative estimate of drug-likeness (QED) is 0.796. The minimum Gasteiger partial charge on any atom is -0.492 e. The minimum absolute atomic E-state index is 0.226. The number of hydrogen-bond donors (Lipinski definition) is 0. The van der Waals surface area contributed by atoms with Crippen molar-refractivity contribution < 1.29 is 9.53 Å². The average Bonchev–Trinajstić information content (AvgIpc) is 2.68. The van der Waals surface area contributed by atoms with Gasteiger partial charge >= 0.3 is 0 Å². The fourth-order valence-corrected chi connectivity index (χ4v) is 3.26. The minimum atomic E-state index is 0.226. The van der Waals surface area contributed by atoms with E-state index in [9.17, 15) is 4.79 Å². The Morgan fingerprint density at radius 2 is 2.18 bits per heavy atom. The van der Waals surface area contributed by atoms with Gasteiger partial charge in [0.1, 0.15) is 11.5 Å². The Balaban J connectivity index is 1.83. The van der Waals surface area contributed by atoms with Crippen molar-refractivity contribution >= 4 is 37.6 Å². The van der Waals surface area contributed by atoms with Crippen LogP contribution in [0.3, 0.4) is 0 Å². The van der Waals surface area contributed by atoms with Gasteiger partial charge in [-0.1, -0.05) is 15.9 Å².